The zero-order chi connectivity index (χ0) is 13.4. The lowest BCUT2D eigenvalue weighted by molar-refractivity contribution is 0.414. The van der Waals surface area contributed by atoms with Crippen molar-refractivity contribution in [2.75, 3.05) is 13.7 Å². The van der Waals surface area contributed by atoms with Crippen LogP contribution in [0.15, 0.2) is 24.3 Å². The maximum Gasteiger partial charge on any atom is 0.118 e. The third-order valence-electron chi connectivity index (χ3n) is 5.16. The Morgan fingerprint density at radius 2 is 1.61 bits per heavy atom. The van der Waals surface area contributed by atoms with Crippen LogP contribution in [-0.4, -0.2) is 13.7 Å². The minimum Gasteiger partial charge on any atom is -0.497 e. The van der Waals surface area contributed by atoms with Crippen molar-refractivity contribution in [3.63, 3.8) is 0 Å². The van der Waals surface area contributed by atoms with Gasteiger partial charge in [-0.05, 0) is 41.0 Å². The van der Waals surface area contributed by atoms with Gasteiger partial charge < -0.3 is 10.1 Å². The van der Waals surface area contributed by atoms with Gasteiger partial charge >= 0.3 is 0 Å². The first-order valence-electron chi connectivity index (χ1n) is 6.73. The fraction of sp³-hybridized carbons (Fsp3) is 0.625. The van der Waals surface area contributed by atoms with Gasteiger partial charge in [-0.2, -0.15) is 0 Å². The molecule has 1 fully saturated rings. The predicted molar refractivity (Wildman–Crippen MR) is 75.8 cm³/mol. The fourth-order valence-corrected chi connectivity index (χ4v) is 2.95. The molecule has 1 aromatic rings. The number of benzene rings is 1. The third kappa shape index (κ3) is 2.26. The van der Waals surface area contributed by atoms with Crippen LogP contribution in [0, 0.1) is 16.7 Å². The monoisotopic (exact) mass is 247 g/mol. The van der Waals surface area contributed by atoms with E-state index in [0.717, 1.165) is 24.8 Å². The summed E-state index contributed by atoms with van der Waals surface area (Å²) in [4.78, 5) is 0. The van der Waals surface area contributed by atoms with Gasteiger partial charge in [-0.15, -0.1) is 0 Å². The molecule has 0 radical (unpaired) electrons. The van der Waals surface area contributed by atoms with Crippen LogP contribution in [0.3, 0.4) is 0 Å². The van der Waals surface area contributed by atoms with Gasteiger partial charge in [0.2, 0.25) is 0 Å². The smallest absolute Gasteiger partial charge is 0.118 e. The third-order valence-corrected chi connectivity index (χ3v) is 5.16. The van der Waals surface area contributed by atoms with Crippen molar-refractivity contribution in [3.8, 4) is 5.75 Å². The van der Waals surface area contributed by atoms with Crippen LogP contribution in [0.4, 0.5) is 0 Å². The zero-order valence-corrected chi connectivity index (χ0v) is 12.2. The average Bonchev–Trinajstić information content (AvgIpc) is 2.72. The molecule has 18 heavy (non-hydrogen) atoms. The highest BCUT2D eigenvalue weighted by Crippen LogP contribution is 2.67. The highest BCUT2D eigenvalue weighted by Gasteiger charge is 2.63. The van der Waals surface area contributed by atoms with Crippen LogP contribution in [0.2, 0.25) is 0 Å². The molecule has 0 aromatic heterocycles. The van der Waals surface area contributed by atoms with Gasteiger partial charge in [0.1, 0.15) is 5.75 Å². The summed E-state index contributed by atoms with van der Waals surface area (Å²) in [5.74, 6) is 1.70. The van der Waals surface area contributed by atoms with Crippen LogP contribution >= 0.6 is 0 Å². The second-order valence-corrected chi connectivity index (χ2v) is 6.47. The standard InChI is InChI=1S/C16H25NO/c1-15(2)14(16(15,3)4)11-17-10-12-6-8-13(18-5)9-7-12/h6-9,14,17H,10-11H2,1-5H3. The Balaban J connectivity index is 1.79. The van der Waals surface area contributed by atoms with E-state index in [-0.39, 0.29) is 0 Å². The van der Waals surface area contributed by atoms with E-state index < -0.39 is 0 Å². The van der Waals surface area contributed by atoms with Gasteiger partial charge in [0.15, 0.2) is 0 Å². The minimum atomic E-state index is 0.472. The van der Waals surface area contributed by atoms with Gasteiger partial charge in [-0.1, -0.05) is 39.8 Å². The number of ether oxygens (including phenoxy) is 1. The Labute approximate surface area is 111 Å². The molecule has 0 atom stereocenters. The van der Waals surface area contributed by atoms with E-state index in [4.69, 9.17) is 4.74 Å². The largest absolute Gasteiger partial charge is 0.497 e. The predicted octanol–water partition coefficient (Wildman–Crippen LogP) is 3.47. The molecule has 1 aliphatic rings. The minimum absolute atomic E-state index is 0.472. The van der Waals surface area contributed by atoms with Crippen LogP contribution in [0.1, 0.15) is 33.3 Å². The topological polar surface area (TPSA) is 21.3 Å². The van der Waals surface area contributed by atoms with E-state index in [9.17, 15) is 0 Å². The van der Waals surface area contributed by atoms with E-state index in [1.807, 2.05) is 12.1 Å². The number of methoxy groups -OCH3 is 1. The summed E-state index contributed by atoms with van der Waals surface area (Å²) in [6, 6.07) is 8.27. The van der Waals surface area contributed by atoms with Crippen molar-refractivity contribution in [1.82, 2.24) is 5.32 Å². The molecule has 0 spiro atoms. The molecule has 0 heterocycles. The summed E-state index contributed by atoms with van der Waals surface area (Å²) in [6.07, 6.45) is 0. The highest BCUT2D eigenvalue weighted by molar-refractivity contribution is 5.27. The van der Waals surface area contributed by atoms with Crippen molar-refractivity contribution in [1.29, 1.82) is 0 Å². The summed E-state index contributed by atoms with van der Waals surface area (Å²) in [5.41, 5.74) is 2.26. The lowest BCUT2D eigenvalue weighted by Gasteiger charge is -2.07. The van der Waals surface area contributed by atoms with Crippen molar-refractivity contribution in [2.24, 2.45) is 16.7 Å². The zero-order valence-electron chi connectivity index (χ0n) is 12.2. The Morgan fingerprint density at radius 1 is 1.06 bits per heavy atom. The Hall–Kier alpha value is -1.02. The number of hydrogen-bond acceptors (Lipinski definition) is 2. The van der Waals surface area contributed by atoms with Crippen LogP contribution in [0.5, 0.6) is 5.75 Å². The van der Waals surface area contributed by atoms with E-state index in [1.165, 1.54) is 5.56 Å². The van der Waals surface area contributed by atoms with Crippen molar-refractivity contribution >= 4 is 0 Å². The lowest BCUT2D eigenvalue weighted by atomic mass is 10.0. The fourth-order valence-electron chi connectivity index (χ4n) is 2.95. The molecule has 100 valence electrons. The van der Waals surface area contributed by atoms with Crippen molar-refractivity contribution in [2.45, 2.75) is 34.2 Å². The van der Waals surface area contributed by atoms with Gasteiger partial charge in [-0.3, -0.25) is 0 Å². The second kappa shape index (κ2) is 4.58. The normalized spacial score (nSPS) is 20.7. The van der Waals surface area contributed by atoms with Crippen molar-refractivity contribution < 1.29 is 4.74 Å². The van der Waals surface area contributed by atoms with Crippen LogP contribution in [-0.2, 0) is 6.54 Å². The molecular formula is C16H25NO. The molecule has 1 saturated carbocycles. The Kier molecular flexibility index (Phi) is 3.41. The molecule has 0 bridgehead atoms. The molecule has 2 nitrogen and oxygen atoms in total. The number of nitrogens with one attached hydrogen (secondary N) is 1. The number of hydrogen-bond donors (Lipinski definition) is 1. The Morgan fingerprint density at radius 3 is 2.06 bits per heavy atom. The van der Waals surface area contributed by atoms with Gasteiger partial charge in [0, 0.05) is 6.54 Å². The van der Waals surface area contributed by atoms with E-state index in [2.05, 4.69) is 45.1 Å². The molecule has 1 N–H and O–H groups in total. The molecule has 1 aromatic carbocycles. The van der Waals surface area contributed by atoms with E-state index >= 15 is 0 Å². The summed E-state index contributed by atoms with van der Waals surface area (Å²) < 4.78 is 5.16. The summed E-state index contributed by atoms with van der Waals surface area (Å²) >= 11 is 0. The Bertz CT molecular complexity index is 392. The second-order valence-electron chi connectivity index (χ2n) is 6.47. The molecule has 0 amide bonds. The first-order valence-corrected chi connectivity index (χ1v) is 6.73. The maximum atomic E-state index is 5.16. The van der Waals surface area contributed by atoms with Crippen LogP contribution < -0.4 is 10.1 Å². The van der Waals surface area contributed by atoms with Gasteiger partial charge in [0.25, 0.3) is 0 Å². The first kappa shape index (κ1) is 13.4. The van der Waals surface area contributed by atoms with Gasteiger partial charge in [0.05, 0.1) is 7.11 Å². The van der Waals surface area contributed by atoms with E-state index in [1.54, 1.807) is 7.11 Å². The molecular weight excluding hydrogens is 222 g/mol. The molecule has 0 aliphatic heterocycles. The first-order chi connectivity index (χ1) is 8.39. The summed E-state index contributed by atoms with van der Waals surface area (Å²) in [6.45, 7) is 11.5. The molecule has 2 heteroatoms. The SMILES string of the molecule is COc1ccc(CNCC2C(C)(C)C2(C)C)cc1. The molecule has 0 saturated heterocycles. The molecule has 0 unspecified atom stereocenters. The average molecular weight is 247 g/mol. The summed E-state index contributed by atoms with van der Waals surface area (Å²) in [7, 11) is 1.70. The number of rotatable bonds is 5. The highest BCUT2D eigenvalue weighted by atomic mass is 16.5. The lowest BCUT2D eigenvalue weighted by Crippen LogP contribution is -2.18. The maximum absolute atomic E-state index is 5.16. The molecule has 2 rings (SSSR count). The molecule has 1 aliphatic carbocycles. The summed E-state index contributed by atoms with van der Waals surface area (Å²) in [5, 5.41) is 3.57. The quantitative estimate of drug-likeness (QED) is 0.860. The van der Waals surface area contributed by atoms with Crippen molar-refractivity contribution in [3.05, 3.63) is 29.8 Å². The van der Waals surface area contributed by atoms with Crippen LogP contribution in [0.25, 0.3) is 0 Å². The van der Waals surface area contributed by atoms with E-state index in [0.29, 0.717) is 10.8 Å². The van der Waals surface area contributed by atoms with Gasteiger partial charge in [-0.25, -0.2) is 0 Å².